The Morgan fingerprint density at radius 2 is 2.07 bits per heavy atom. The van der Waals surface area contributed by atoms with E-state index in [2.05, 4.69) is 28.6 Å². The first kappa shape index (κ1) is 13.0. The summed E-state index contributed by atoms with van der Waals surface area (Å²) >= 11 is 7.04. The van der Waals surface area contributed by atoms with Crippen molar-refractivity contribution in [2.24, 2.45) is 0 Å². The molecule has 1 rings (SSSR count). The van der Waals surface area contributed by atoms with E-state index < -0.39 is 18.0 Å². The zero-order valence-corrected chi connectivity index (χ0v) is 10.6. The highest BCUT2D eigenvalue weighted by atomic mass is 79.9. The zero-order valence-electron chi connectivity index (χ0n) is 8.11. The third kappa shape index (κ3) is 2.72. The third-order valence-corrected chi connectivity index (χ3v) is 3.59. The van der Waals surface area contributed by atoms with Gasteiger partial charge in [-0.05, 0) is 18.6 Å². The first-order valence-electron chi connectivity index (χ1n) is 4.40. The van der Waals surface area contributed by atoms with E-state index in [1.165, 1.54) is 6.07 Å². The lowest BCUT2D eigenvalue weighted by molar-refractivity contribution is 0.0310. The Bertz CT molecular complexity index is 360. The fraction of sp³-hybridized carbons (Fsp3) is 0.400. The molecule has 0 saturated heterocycles. The lowest BCUT2D eigenvalue weighted by Gasteiger charge is -2.19. The smallest absolute Gasteiger partial charge is 0.130 e. The van der Waals surface area contributed by atoms with Crippen LogP contribution in [0, 0.1) is 12.7 Å². The van der Waals surface area contributed by atoms with E-state index in [9.17, 15) is 14.6 Å². The van der Waals surface area contributed by atoms with E-state index in [1.807, 2.05) is 0 Å². The molecule has 0 radical (unpaired) electrons. The number of thiol groups is 1. The van der Waals surface area contributed by atoms with Crippen molar-refractivity contribution in [3.05, 3.63) is 33.5 Å². The van der Waals surface area contributed by atoms with Crippen LogP contribution in [0.1, 0.15) is 17.2 Å². The van der Waals surface area contributed by atoms with Gasteiger partial charge in [-0.25, -0.2) is 4.39 Å². The maximum absolute atomic E-state index is 13.5. The molecule has 0 fully saturated rings. The molecule has 1 aromatic rings. The molecule has 0 aromatic heterocycles. The molecule has 2 N–H and O–H groups in total. The second-order valence-electron chi connectivity index (χ2n) is 3.29. The van der Waals surface area contributed by atoms with Crippen molar-refractivity contribution in [3.63, 3.8) is 0 Å². The maximum Gasteiger partial charge on any atom is 0.130 e. The Kier molecular flexibility index (Phi) is 4.58. The monoisotopic (exact) mass is 294 g/mol. The zero-order chi connectivity index (χ0) is 11.6. The molecule has 2 nitrogen and oxygen atoms in total. The van der Waals surface area contributed by atoms with Gasteiger partial charge in [-0.15, -0.1) is 0 Å². The van der Waals surface area contributed by atoms with E-state index in [-0.39, 0.29) is 11.3 Å². The van der Waals surface area contributed by atoms with Crippen LogP contribution < -0.4 is 0 Å². The van der Waals surface area contributed by atoms with Crippen LogP contribution in [0.3, 0.4) is 0 Å². The highest BCUT2D eigenvalue weighted by molar-refractivity contribution is 9.10. The summed E-state index contributed by atoms with van der Waals surface area (Å²) in [6, 6.07) is 2.87. The van der Waals surface area contributed by atoms with Crippen LogP contribution in [0.2, 0.25) is 0 Å². The molecule has 0 aliphatic rings. The molecule has 0 bridgehead atoms. The Labute approximate surface area is 102 Å². The van der Waals surface area contributed by atoms with Crippen molar-refractivity contribution in [1.29, 1.82) is 0 Å². The minimum atomic E-state index is -1.27. The van der Waals surface area contributed by atoms with Crippen LogP contribution >= 0.6 is 28.6 Å². The Hall–Kier alpha value is -0.100. The van der Waals surface area contributed by atoms with Crippen LogP contribution in [-0.2, 0) is 0 Å². The SMILES string of the molecule is Cc1ccc(F)c(C(O)C(O)CS)c1Br. The van der Waals surface area contributed by atoms with Gasteiger partial charge < -0.3 is 10.2 Å². The van der Waals surface area contributed by atoms with Crippen LogP contribution in [0.15, 0.2) is 16.6 Å². The quantitative estimate of drug-likeness (QED) is 0.748. The van der Waals surface area contributed by atoms with Gasteiger partial charge in [0.15, 0.2) is 0 Å². The van der Waals surface area contributed by atoms with Gasteiger partial charge in [-0.2, -0.15) is 12.6 Å². The number of hydrogen-bond acceptors (Lipinski definition) is 3. The summed E-state index contributed by atoms with van der Waals surface area (Å²) in [6.07, 6.45) is -2.35. The fourth-order valence-corrected chi connectivity index (χ4v) is 2.00. The maximum atomic E-state index is 13.5. The van der Waals surface area contributed by atoms with Gasteiger partial charge >= 0.3 is 0 Å². The minimum absolute atomic E-state index is 0.0704. The van der Waals surface area contributed by atoms with Crippen molar-refractivity contribution in [3.8, 4) is 0 Å². The molecular weight excluding hydrogens is 283 g/mol. The van der Waals surface area contributed by atoms with E-state index in [1.54, 1.807) is 13.0 Å². The van der Waals surface area contributed by atoms with Gasteiger partial charge in [-0.1, -0.05) is 22.0 Å². The van der Waals surface area contributed by atoms with Crippen LogP contribution in [0.25, 0.3) is 0 Å². The fourth-order valence-electron chi connectivity index (χ4n) is 1.24. The Morgan fingerprint density at radius 3 is 2.60 bits per heavy atom. The first-order valence-corrected chi connectivity index (χ1v) is 5.83. The molecule has 0 amide bonds. The molecule has 0 spiro atoms. The highest BCUT2D eigenvalue weighted by Crippen LogP contribution is 2.31. The van der Waals surface area contributed by atoms with Crippen molar-refractivity contribution < 1.29 is 14.6 Å². The predicted molar refractivity (Wildman–Crippen MR) is 63.7 cm³/mol. The van der Waals surface area contributed by atoms with E-state index >= 15 is 0 Å². The average Bonchev–Trinajstić information content (AvgIpc) is 2.22. The average molecular weight is 295 g/mol. The molecule has 15 heavy (non-hydrogen) atoms. The Morgan fingerprint density at radius 1 is 1.47 bits per heavy atom. The Balaban J connectivity index is 3.18. The second-order valence-corrected chi connectivity index (χ2v) is 4.44. The largest absolute Gasteiger partial charge is 0.389 e. The summed E-state index contributed by atoms with van der Waals surface area (Å²) < 4.78 is 13.9. The summed E-state index contributed by atoms with van der Waals surface area (Å²) in [5.74, 6) is -0.470. The summed E-state index contributed by atoms with van der Waals surface area (Å²) in [5, 5.41) is 19.1. The standard InChI is InChI=1S/C10H12BrFO2S/c1-5-2-3-6(12)8(9(5)11)10(14)7(13)4-15/h2-3,7,10,13-15H,4H2,1H3. The lowest BCUT2D eigenvalue weighted by atomic mass is 10.0. The first-order chi connectivity index (χ1) is 6.99. The minimum Gasteiger partial charge on any atom is -0.389 e. The molecule has 0 heterocycles. The van der Waals surface area contributed by atoms with Gasteiger partial charge in [0.1, 0.15) is 11.9 Å². The topological polar surface area (TPSA) is 40.5 Å². The van der Waals surface area contributed by atoms with Gasteiger partial charge in [0.2, 0.25) is 0 Å². The van der Waals surface area contributed by atoms with Gasteiger partial charge in [0.25, 0.3) is 0 Å². The molecule has 84 valence electrons. The number of aliphatic hydroxyl groups excluding tert-OH is 2. The van der Waals surface area contributed by atoms with Gasteiger partial charge in [0, 0.05) is 15.8 Å². The molecule has 2 atom stereocenters. The van der Waals surface area contributed by atoms with Gasteiger partial charge in [0.05, 0.1) is 6.10 Å². The highest BCUT2D eigenvalue weighted by Gasteiger charge is 2.23. The molecular formula is C10H12BrFO2S. The molecule has 2 unspecified atom stereocenters. The van der Waals surface area contributed by atoms with E-state index in [4.69, 9.17) is 0 Å². The van der Waals surface area contributed by atoms with Crippen LogP contribution in [0.5, 0.6) is 0 Å². The van der Waals surface area contributed by atoms with E-state index in [0.29, 0.717) is 4.47 Å². The second kappa shape index (κ2) is 5.30. The number of rotatable bonds is 3. The van der Waals surface area contributed by atoms with Crippen molar-refractivity contribution in [1.82, 2.24) is 0 Å². The summed E-state index contributed by atoms with van der Waals surface area (Å²) in [7, 11) is 0. The molecule has 0 aliphatic carbocycles. The molecule has 0 saturated carbocycles. The molecule has 1 aromatic carbocycles. The lowest BCUT2D eigenvalue weighted by Crippen LogP contribution is -2.21. The molecule has 0 aliphatic heterocycles. The number of hydrogen-bond donors (Lipinski definition) is 3. The van der Waals surface area contributed by atoms with Crippen molar-refractivity contribution >= 4 is 28.6 Å². The summed E-state index contributed by atoms with van der Waals surface area (Å²) in [5.41, 5.74) is 0.883. The van der Waals surface area contributed by atoms with Crippen LogP contribution in [0.4, 0.5) is 4.39 Å². The number of halogens is 2. The molecule has 5 heteroatoms. The predicted octanol–water partition coefficient (Wildman–Crippen LogP) is 2.22. The van der Waals surface area contributed by atoms with Gasteiger partial charge in [-0.3, -0.25) is 0 Å². The number of benzene rings is 1. The number of aliphatic hydroxyl groups is 2. The van der Waals surface area contributed by atoms with E-state index in [0.717, 1.165) is 5.56 Å². The summed E-state index contributed by atoms with van der Waals surface area (Å²) in [4.78, 5) is 0. The number of aryl methyl sites for hydroxylation is 1. The van der Waals surface area contributed by atoms with Crippen molar-refractivity contribution in [2.75, 3.05) is 5.75 Å². The third-order valence-electron chi connectivity index (χ3n) is 2.17. The normalized spacial score (nSPS) is 15.1. The van der Waals surface area contributed by atoms with Crippen LogP contribution in [-0.4, -0.2) is 22.1 Å². The van der Waals surface area contributed by atoms with Crippen molar-refractivity contribution in [2.45, 2.75) is 19.1 Å². The summed E-state index contributed by atoms with van der Waals surface area (Å²) in [6.45, 7) is 1.78.